The molecule has 4 rings (SSSR count). The van der Waals surface area contributed by atoms with Gasteiger partial charge in [0.15, 0.2) is 23.3 Å². The van der Waals surface area contributed by atoms with Gasteiger partial charge in [-0.15, -0.1) is 0 Å². The van der Waals surface area contributed by atoms with Gasteiger partial charge in [0.2, 0.25) is 0 Å². The number of carbonyl (C=O) groups is 2. The van der Waals surface area contributed by atoms with Crippen molar-refractivity contribution in [2.24, 2.45) is 4.99 Å². The molecule has 3 aromatic rings. The molecule has 1 N–H and O–H groups in total. The number of nitrogens with zero attached hydrogens (tertiary/aromatic N) is 2. The van der Waals surface area contributed by atoms with Crippen LogP contribution >= 0.6 is 11.8 Å². The standard InChI is InChI=1S/C29H28N2O5S/c1-17-6-9-22(12-19(17)3)30-29-31(23-10-7-18(2)20(4)13-23)28(34)26(37-29)15-21-8-11-24(25(14-21)35-5)36-16-27(32)33/h6-15H,16H2,1-5H3,(H,32,33)/b26-15-,30-29?. The van der Waals surface area contributed by atoms with E-state index in [4.69, 9.17) is 19.6 Å². The van der Waals surface area contributed by atoms with Gasteiger partial charge in [-0.3, -0.25) is 9.69 Å². The molecule has 0 spiro atoms. The first-order chi connectivity index (χ1) is 17.7. The summed E-state index contributed by atoms with van der Waals surface area (Å²) < 4.78 is 10.7. The maximum absolute atomic E-state index is 13.7. The van der Waals surface area contributed by atoms with Crippen molar-refractivity contribution in [1.29, 1.82) is 0 Å². The van der Waals surface area contributed by atoms with E-state index in [2.05, 4.69) is 6.92 Å². The number of ether oxygens (including phenoxy) is 2. The zero-order valence-corrected chi connectivity index (χ0v) is 22.2. The Balaban J connectivity index is 1.74. The second kappa shape index (κ2) is 10.9. The highest BCUT2D eigenvalue weighted by Crippen LogP contribution is 2.39. The first-order valence-electron chi connectivity index (χ1n) is 11.7. The molecule has 1 heterocycles. The highest BCUT2D eigenvalue weighted by Gasteiger charge is 2.35. The summed E-state index contributed by atoms with van der Waals surface area (Å²) in [5, 5.41) is 9.46. The molecule has 1 amide bonds. The van der Waals surface area contributed by atoms with Crippen molar-refractivity contribution in [3.63, 3.8) is 0 Å². The van der Waals surface area contributed by atoms with E-state index in [-0.39, 0.29) is 5.91 Å². The molecule has 0 radical (unpaired) electrons. The fourth-order valence-corrected chi connectivity index (χ4v) is 4.73. The Morgan fingerprint density at radius 3 is 2.30 bits per heavy atom. The lowest BCUT2D eigenvalue weighted by Gasteiger charge is -2.17. The van der Waals surface area contributed by atoms with Gasteiger partial charge in [0.1, 0.15) is 0 Å². The van der Waals surface area contributed by atoms with E-state index < -0.39 is 12.6 Å². The zero-order valence-electron chi connectivity index (χ0n) is 21.4. The third-order valence-corrected chi connectivity index (χ3v) is 7.08. The van der Waals surface area contributed by atoms with Crippen LogP contribution in [0.15, 0.2) is 64.5 Å². The molecule has 190 valence electrons. The van der Waals surface area contributed by atoms with Crippen molar-refractivity contribution >= 4 is 46.3 Å². The molecular weight excluding hydrogens is 488 g/mol. The van der Waals surface area contributed by atoms with Crippen LogP contribution in [-0.2, 0) is 9.59 Å². The van der Waals surface area contributed by atoms with Gasteiger partial charge in [-0.05, 0) is 110 Å². The molecule has 1 aliphatic heterocycles. The number of amides is 1. The fraction of sp³-hybridized carbons (Fsp3) is 0.207. The zero-order chi connectivity index (χ0) is 26.7. The first-order valence-corrected chi connectivity index (χ1v) is 12.5. The summed E-state index contributed by atoms with van der Waals surface area (Å²) in [5.74, 6) is -0.573. The van der Waals surface area contributed by atoms with Crippen molar-refractivity contribution in [3.05, 3.63) is 87.3 Å². The van der Waals surface area contributed by atoms with Crippen molar-refractivity contribution in [1.82, 2.24) is 0 Å². The maximum atomic E-state index is 13.7. The SMILES string of the molecule is COc1cc(/C=C2\SC(=Nc3ccc(C)c(C)c3)N(c3ccc(C)c(C)c3)C2=O)ccc1OCC(=O)O. The fourth-order valence-electron chi connectivity index (χ4n) is 3.73. The summed E-state index contributed by atoms with van der Waals surface area (Å²) in [6.45, 7) is 7.66. The quantitative estimate of drug-likeness (QED) is 0.376. The lowest BCUT2D eigenvalue weighted by molar-refractivity contribution is -0.139. The predicted octanol–water partition coefficient (Wildman–Crippen LogP) is 6.20. The number of hydrogen-bond donors (Lipinski definition) is 1. The second-order valence-corrected chi connectivity index (χ2v) is 9.78. The van der Waals surface area contributed by atoms with Gasteiger partial charge in [-0.25, -0.2) is 9.79 Å². The lowest BCUT2D eigenvalue weighted by Crippen LogP contribution is -2.28. The molecule has 1 saturated heterocycles. The van der Waals surface area contributed by atoms with Crippen LogP contribution in [0.1, 0.15) is 27.8 Å². The predicted molar refractivity (Wildman–Crippen MR) is 148 cm³/mol. The Kier molecular flexibility index (Phi) is 7.69. The van der Waals surface area contributed by atoms with Gasteiger partial charge in [-0.1, -0.05) is 18.2 Å². The Hall–Kier alpha value is -4.04. The second-order valence-electron chi connectivity index (χ2n) is 8.78. The molecule has 0 unspecified atom stereocenters. The van der Waals surface area contributed by atoms with Crippen LogP contribution in [0.3, 0.4) is 0 Å². The normalized spacial score (nSPS) is 15.5. The van der Waals surface area contributed by atoms with Crippen molar-refractivity contribution in [3.8, 4) is 11.5 Å². The van der Waals surface area contributed by atoms with Crippen LogP contribution in [0, 0.1) is 27.7 Å². The Morgan fingerprint density at radius 1 is 0.946 bits per heavy atom. The highest BCUT2D eigenvalue weighted by molar-refractivity contribution is 8.19. The van der Waals surface area contributed by atoms with Gasteiger partial charge >= 0.3 is 5.97 Å². The molecule has 0 saturated carbocycles. The molecule has 1 aliphatic rings. The average Bonchev–Trinajstić information content (AvgIpc) is 3.16. The number of carboxylic acids is 1. The monoisotopic (exact) mass is 516 g/mol. The van der Waals surface area contributed by atoms with Crippen molar-refractivity contribution in [2.75, 3.05) is 18.6 Å². The number of amidine groups is 1. The van der Waals surface area contributed by atoms with Gasteiger partial charge in [-0.2, -0.15) is 0 Å². The average molecular weight is 517 g/mol. The van der Waals surface area contributed by atoms with Gasteiger partial charge in [0.25, 0.3) is 5.91 Å². The number of aliphatic carboxylic acids is 1. The van der Waals surface area contributed by atoms with Crippen molar-refractivity contribution in [2.45, 2.75) is 27.7 Å². The number of hydrogen-bond acceptors (Lipinski definition) is 6. The van der Waals surface area contributed by atoms with Crippen LogP contribution in [0.5, 0.6) is 11.5 Å². The van der Waals surface area contributed by atoms with Crippen LogP contribution < -0.4 is 14.4 Å². The number of aryl methyl sites for hydroxylation is 4. The molecule has 3 aromatic carbocycles. The van der Waals surface area contributed by atoms with E-state index in [9.17, 15) is 9.59 Å². The van der Waals surface area contributed by atoms with Crippen LogP contribution in [-0.4, -0.2) is 35.9 Å². The van der Waals surface area contributed by atoms with E-state index in [0.29, 0.717) is 27.1 Å². The number of thioether (sulfide) groups is 1. The number of carboxylic acid groups (broad SMARTS) is 1. The van der Waals surface area contributed by atoms with E-state index in [1.807, 2.05) is 57.2 Å². The molecule has 0 atom stereocenters. The summed E-state index contributed by atoms with van der Waals surface area (Å²) in [4.78, 5) is 31.5. The van der Waals surface area contributed by atoms with Gasteiger partial charge in [0, 0.05) is 0 Å². The minimum Gasteiger partial charge on any atom is -0.493 e. The minimum atomic E-state index is -1.08. The lowest BCUT2D eigenvalue weighted by atomic mass is 10.1. The minimum absolute atomic E-state index is 0.180. The van der Waals surface area contributed by atoms with Gasteiger partial charge < -0.3 is 14.6 Å². The number of aliphatic imine (C=N–C) groups is 1. The summed E-state index contributed by atoms with van der Waals surface area (Å²) in [5.41, 5.74) is 6.76. The molecule has 0 aromatic heterocycles. The number of methoxy groups -OCH3 is 1. The number of anilines is 1. The smallest absolute Gasteiger partial charge is 0.341 e. The van der Waals surface area contributed by atoms with Gasteiger partial charge in [0.05, 0.1) is 23.4 Å². The van der Waals surface area contributed by atoms with E-state index in [1.165, 1.54) is 24.4 Å². The third kappa shape index (κ3) is 5.86. The van der Waals surface area contributed by atoms with Crippen LogP contribution in [0.2, 0.25) is 0 Å². The Bertz CT molecular complexity index is 1440. The topological polar surface area (TPSA) is 88.4 Å². The number of rotatable bonds is 7. The van der Waals surface area contributed by atoms with E-state index in [0.717, 1.165) is 28.1 Å². The maximum Gasteiger partial charge on any atom is 0.341 e. The molecule has 8 heteroatoms. The van der Waals surface area contributed by atoms with Crippen molar-refractivity contribution < 1.29 is 24.2 Å². The molecule has 0 aliphatic carbocycles. The van der Waals surface area contributed by atoms with Crippen LogP contribution in [0.25, 0.3) is 6.08 Å². The number of benzene rings is 3. The summed E-state index contributed by atoms with van der Waals surface area (Å²) >= 11 is 1.30. The van der Waals surface area contributed by atoms with E-state index >= 15 is 0 Å². The molecule has 1 fully saturated rings. The Morgan fingerprint density at radius 2 is 1.65 bits per heavy atom. The third-order valence-electron chi connectivity index (χ3n) is 6.11. The highest BCUT2D eigenvalue weighted by atomic mass is 32.2. The molecule has 0 bridgehead atoms. The summed E-state index contributed by atoms with van der Waals surface area (Å²) in [6, 6.07) is 17.0. The van der Waals surface area contributed by atoms with E-state index in [1.54, 1.807) is 29.2 Å². The van der Waals surface area contributed by atoms with Crippen LogP contribution in [0.4, 0.5) is 11.4 Å². The Labute approximate surface area is 220 Å². The summed E-state index contributed by atoms with van der Waals surface area (Å²) in [6.07, 6.45) is 1.77. The molecule has 7 nitrogen and oxygen atoms in total. The summed E-state index contributed by atoms with van der Waals surface area (Å²) in [7, 11) is 1.48. The number of carbonyl (C=O) groups excluding carboxylic acids is 1. The molecule has 37 heavy (non-hydrogen) atoms. The molecular formula is C29H28N2O5S. The largest absolute Gasteiger partial charge is 0.493 e. The first kappa shape index (κ1) is 26.0.